The third kappa shape index (κ3) is 3.43. The third-order valence-electron chi connectivity index (χ3n) is 5.41. The van der Waals surface area contributed by atoms with Gasteiger partial charge in [-0.2, -0.15) is 5.10 Å². The summed E-state index contributed by atoms with van der Waals surface area (Å²) in [7, 11) is 0. The predicted molar refractivity (Wildman–Crippen MR) is 86.4 cm³/mol. The van der Waals surface area contributed by atoms with Crippen LogP contribution in [-0.2, 0) is 4.74 Å². The van der Waals surface area contributed by atoms with Crippen LogP contribution in [0.2, 0.25) is 0 Å². The van der Waals surface area contributed by atoms with Crippen molar-refractivity contribution < 1.29 is 14.6 Å². The number of carbonyl (C=O) groups is 1. The van der Waals surface area contributed by atoms with Gasteiger partial charge in [-0.05, 0) is 32.6 Å². The minimum absolute atomic E-state index is 0.0732. The smallest absolute Gasteiger partial charge is 0.254 e. The van der Waals surface area contributed by atoms with Gasteiger partial charge >= 0.3 is 0 Å². The lowest BCUT2D eigenvalue weighted by Gasteiger charge is -2.26. The number of rotatable bonds is 6. The Morgan fingerprint density at radius 3 is 2.96 bits per heavy atom. The van der Waals surface area contributed by atoms with E-state index in [2.05, 4.69) is 10.4 Å². The van der Waals surface area contributed by atoms with E-state index in [1.54, 1.807) is 6.20 Å². The highest BCUT2D eigenvalue weighted by atomic mass is 16.5. The molecule has 0 spiro atoms. The van der Waals surface area contributed by atoms with Crippen molar-refractivity contribution in [1.82, 2.24) is 15.1 Å². The molecule has 1 amide bonds. The van der Waals surface area contributed by atoms with E-state index in [-0.39, 0.29) is 17.9 Å². The topological polar surface area (TPSA) is 76.4 Å². The van der Waals surface area contributed by atoms with Crippen LogP contribution in [0.1, 0.15) is 60.6 Å². The second-order valence-corrected chi connectivity index (χ2v) is 6.99. The van der Waals surface area contributed by atoms with Crippen molar-refractivity contribution in [1.29, 1.82) is 0 Å². The molecular formula is C17H27N3O3. The lowest BCUT2D eigenvalue weighted by molar-refractivity contribution is 0.0888. The van der Waals surface area contributed by atoms with E-state index in [1.807, 2.05) is 11.6 Å². The molecule has 2 aliphatic rings. The number of aliphatic hydroxyl groups excluding tert-OH is 1. The second kappa shape index (κ2) is 7.01. The van der Waals surface area contributed by atoms with Crippen LogP contribution in [0.3, 0.4) is 0 Å². The van der Waals surface area contributed by atoms with E-state index in [9.17, 15) is 9.90 Å². The van der Waals surface area contributed by atoms with Gasteiger partial charge in [0.15, 0.2) is 0 Å². The number of aromatic nitrogens is 2. The van der Waals surface area contributed by atoms with Crippen molar-refractivity contribution in [3.05, 3.63) is 17.5 Å². The molecule has 1 unspecified atom stereocenters. The molecule has 1 aliphatic carbocycles. The molecule has 1 aromatic rings. The molecule has 1 saturated carbocycles. The number of aliphatic hydroxyl groups is 1. The molecule has 2 N–H and O–H groups in total. The molecule has 2 fully saturated rings. The van der Waals surface area contributed by atoms with E-state index >= 15 is 0 Å². The Labute approximate surface area is 137 Å². The molecule has 128 valence electrons. The normalized spacial score (nSPS) is 25.1. The average molecular weight is 321 g/mol. The quantitative estimate of drug-likeness (QED) is 0.838. The van der Waals surface area contributed by atoms with Gasteiger partial charge in [-0.3, -0.25) is 9.48 Å². The summed E-state index contributed by atoms with van der Waals surface area (Å²) >= 11 is 0. The van der Waals surface area contributed by atoms with Gasteiger partial charge in [0.05, 0.1) is 24.4 Å². The Balaban J connectivity index is 1.64. The largest absolute Gasteiger partial charge is 0.396 e. The number of amides is 1. The monoisotopic (exact) mass is 321 g/mol. The lowest BCUT2D eigenvalue weighted by atomic mass is 9.84. The zero-order valence-electron chi connectivity index (χ0n) is 13.9. The minimum atomic E-state index is -0.125. The molecule has 1 aliphatic heterocycles. The molecule has 1 atom stereocenters. The number of carbonyl (C=O) groups excluding carboxylic acids is 1. The molecule has 1 aromatic heterocycles. The number of hydrogen-bond acceptors (Lipinski definition) is 4. The van der Waals surface area contributed by atoms with Crippen molar-refractivity contribution in [3.63, 3.8) is 0 Å². The second-order valence-electron chi connectivity index (χ2n) is 6.99. The molecule has 6 heteroatoms. The Morgan fingerprint density at radius 1 is 1.52 bits per heavy atom. The van der Waals surface area contributed by atoms with Crippen LogP contribution in [0, 0.1) is 12.3 Å². The number of hydrogen-bond donors (Lipinski definition) is 2. The van der Waals surface area contributed by atoms with Crippen LogP contribution >= 0.6 is 0 Å². The van der Waals surface area contributed by atoms with Crippen LogP contribution in [0.5, 0.6) is 0 Å². The average Bonchev–Trinajstić information content (AvgIpc) is 3.26. The number of ether oxygens (including phenoxy) is 1. The SMILES string of the molecule is Cc1c(C(=O)NCC2(CCO)CCOC2)cnn1C1CCCC1. The molecule has 6 nitrogen and oxygen atoms in total. The maximum absolute atomic E-state index is 12.5. The summed E-state index contributed by atoms with van der Waals surface area (Å²) in [6, 6.07) is 0.445. The summed E-state index contributed by atoms with van der Waals surface area (Å²) in [4.78, 5) is 12.5. The van der Waals surface area contributed by atoms with Crippen LogP contribution < -0.4 is 5.32 Å². The fraction of sp³-hybridized carbons (Fsp3) is 0.765. The molecule has 0 aromatic carbocycles. The standard InChI is InChI=1S/C17H27N3O3/c1-13-15(10-19-20(13)14-4-2-3-5-14)16(22)18-11-17(6-8-21)7-9-23-12-17/h10,14,21H,2-9,11-12H2,1H3,(H,18,22). The van der Waals surface area contributed by atoms with E-state index in [1.165, 1.54) is 12.8 Å². The van der Waals surface area contributed by atoms with E-state index in [0.29, 0.717) is 37.8 Å². The fourth-order valence-electron chi connectivity index (χ4n) is 3.84. The number of nitrogens with zero attached hydrogens (tertiary/aromatic N) is 2. The van der Waals surface area contributed by atoms with Gasteiger partial charge in [-0.15, -0.1) is 0 Å². The Kier molecular flexibility index (Phi) is 5.02. The fourth-order valence-corrected chi connectivity index (χ4v) is 3.84. The van der Waals surface area contributed by atoms with Crippen LogP contribution in [0.15, 0.2) is 6.20 Å². The first-order valence-corrected chi connectivity index (χ1v) is 8.66. The molecule has 0 bridgehead atoms. The van der Waals surface area contributed by atoms with E-state index < -0.39 is 0 Å². The first-order chi connectivity index (χ1) is 11.2. The molecule has 23 heavy (non-hydrogen) atoms. The van der Waals surface area contributed by atoms with Gasteiger partial charge in [0.25, 0.3) is 5.91 Å². The van der Waals surface area contributed by atoms with Gasteiger partial charge in [0.2, 0.25) is 0 Å². The first kappa shape index (κ1) is 16.5. The van der Waals surface area contributed by atoms with Crippen LogP contribution in [0.25, 0.3) is 0 Å². The Bertz CT molecular complexity index is 543. The minimum Gasteiger partial charge on any atom is -0.396 e. The zero-order valence-corrected chi connectivity index (χ0v) is 13.9. The third-order valence-corrected chi connectivity index (χ3v) is 5.41. The van der Waals surface area contributed by atoms with Crippen LogP contribution in [-0.4, -0.2) is 47.2 Å². The van der Waals surface area contributed by atoms with Crippen molar-refractivity contribution in [2.45, 2.75) is 51.5 Å². The van der Waals surface area contributed by atoms with Crippen molar-refractivity contribution in [3.8, 4) is 0 Å². The van der Waals surface area contributed by atoms with Gasteiger partial charge in [0.1, 0.15) is 0 Å². The van der Waals surface area contributed by atoms with E-state index in [4.69, 9.17) is 4.74 Å². The predicted octanol–water partition coefficient (Wildman–Crippen LogP) is 1.83. The summed E-state index contributed by atoms with van der Waals surface area (Å²) in [6.07, 6.45) is 8.03. The summed E-state index contributed by atoms with van der Waals surface area (Å²) < 4.78 is 7.49. The zero-order chi connectivity index (χ0) is 16.3. The molecule has 0 radical (unpaired) electrons. The molecule has 2 heterocycles. The van der Waals surface area contributed by atoms with Crippen LogP contribution in [0.4, 0.5) is 0 Å². The first-order valence-electron chi connectivity index (χ1n) is 8.66. The highest BCUT2D eigenvalue weighted by Crippen LogP contribution is 2.32. The van der Waals surface area contributed by atoms with Gasteiger partial charge in [-0.1, -0.05) is 12.8 Å². The molecule has 3 rings (SSSR count). The van der Waals surface area contributed by atoms with E-state index in [0.717, 1.165) is 25.0 Å². The van der Waals surface area contributed by atoms with Crippen molar-refractivity contribution in [2.24, 2.45) is 5.41 Å². The Morgan fingerprint density at radius 2 is 2.30 bits per heavy atom. The summed E-state index contributed by atoms with van der Waals surface area (Å²) in [5.74, 6) is -0.0732. The highest BCUT2D eigenvalue weighted by Gasteiger charge is 2.35. The molecular weight excluding hydrogens is 294 g/mol. The van der Waals surface area contributed by atoms with Crippen molar-refractivity contribution >= 4 is 5.91 Å². The van der Waals surface area contributed by atoms with Crippen molar-refractivity contribution in [2.75, 3.05) is 26.4 Å². The highest BCUT2D eigenvalue weighted by molar-refractivity contribution is 5.95. The summed E-state index contributed by atoms with van der Waals surface area (Å²) in [5, 5.41) is 16.7. The maximum Gasteiger partial charge on any atom is 0.254 e. The summed E-state index contributed by atoms with van der Waals surface area (Å²) in [6.45, 7) is 3.95. The Hall–Kier alpha value is -1.40. The van der Waals surface area contributed by atoms with Gasteiger partial charge in [-0.25, -0.2) is 0 Å². The molecule has 1 saturated heterocycles. The number of nitrogens with one attached hydrogen (secondary N) is 1. The van der Waals surface area contributed by atoms with Gasteiger partial charge in [0, 0.05) is 30.9 Å². The lowest BCUT2D eigenvalue weighted by Crippen LogP contribution is -2.39. The summed E-state index contributed by atoms with van der Waals surface area (Å²) in [5.41, 5.74) is 1.49. The van der Waals surface area contributed by atoms with Gasteiger partial charge < -0.3 is 15.2 Å². The maximum atomic E-state index is 12.5.